The molecule has 1 amide bonds. The van der Waals surface area contributed by atoms with Gasteiger partial charge in [0.1, 0.15) is 11.6 Å². The molecule has 2 aromatic carbocycles. The number of hydrogen-bond acceptors (Lipinski definition) is 4. The van der Waals surface area contributed by atoms with Gasteiger partial charge in [-0.1, -0.05) is 70.9 Å². The summed E-state index contributed by atoms with van der Waals surface area (Å²) in [6, 6.07) is 16.2. The summed E-state index contributed by atoms with van der Waals surface area (Å²) in [5, 5.41) is 3.00. The molecule has 1 saturated carbocycles. The molecule has 5 nitrogen and oxygen atoms in total. The standard InChI is InChI=1S/C31H37N3O2.C5H8.C2H6/c1-6-16-34(17-15-21(3)7-2)29-14-11-23(20-32-29)18-26-25-19-24(12-13-27(25)33-31(26)35)30-22(4)9-8-10-28(30)36-5;1-2-5-3-4-5;1-2/h8-14,18-21H,6-7,15-17H2,1-5H3,(H,33,35);2H,3-4H2,1H3;1-2H3/b26-18-;;. The Morgan fingerprint density at radius 2 is 1.84 bits per heavy atom. The number of aromatic nitrogens is 1. The minimum atomic E-state index is -0.0934. The number of amides is 1. The number of fused-ring (bicyclic) bond motifs is 1. The summed E-state index contributed by atoms with van der Waals surface area (Å²) < 4.78 is 5.62. The fraction of sp³-hybridized carbons (Fsp3) is 0.421. The second-order valence-electron chi connectivity index (χ2n) is 11.1. The van der Waals surface area contributed by atoms with E-state index in [1.165, 1.54) is 19.3 Å². The summed E-state index contributed by atoms with van der Waals surface area (Å²) in [4.78, 5) is 20.0. The van der Waals surface area contributed by atoms with Gasteiger partial charge in [0.05, 0.1) is 7.11 Å². The zero-order chi connectivity index (χ0) is 31.4. The van der Waals surface area contributed by atoms with Gasteiger partial charge in [-0.15, -0.1) is 0 Å². The van der Waals surface area contributed by atoms with Crippen molar-refractivity contribution >= 4 is 29.1 Å². The fourth-order valence-electron chi connectivity index (χ4n) is 5.06. The number of ether oxygens (including phenoxy) is 1. The van der Waals surface area contributed by atoms with Crippen LogP contribution in [-0.2, 0) is 4.79 Å². The topological polar surface area (TPSA) is 54.5 Å². The van der Waals surface area contributed by atoms with Crippen molar-refractivity contribution in [2.75, 3.05) is 30.4 Å². The van der Waals surface area contributed by atoms with Crippen LogP contribution in [0, 0.1) is 12.8 Å². The molecule has 1 aliphatic carbocycles. The third kappa shape index (κ3) is 9.06. The monoisotopic (exact) mass is 581 g/mol. The lowest BCUT2D eigenvalue weighted by Crippen LogP contribution is -2.27. The molecular weight excluding hydrogens is 530 g/mol. The van der Waals surface area contributed by atoms with Crippen LogP contribution in [0.25, 0.3) is 22.8 Å². The molecule has 2 heterocycles. The Bertz CT molecular complexity index is 1400. The highest BCUT2D eigenvalue weighted by Crippen LogP contribution is 2.40. The second-order valence-corrected chi connectivity index (χ2v) is 11.1. The van der Waals surface area contributed by atoms with Crippen LogP contribution in [0.2, 0.25) is 0 Å². The SMILES string of the molecule is CC.CC=C1CC1.CCCN(CCC(C)CC)c1ccc(/C=C2\C(=O)Nc3ccc(-c4c(C)cccc4OC)cc32)cn1. The Balaban J connectivity index is 0.000000644. The predicted octanol–water partition coefficient (Wildman–Crippen LogP) is 9.96. The molecule has 1 N–H and O–H groups in total. The number of carbonyl (C=O) groups excluding carboxylic acids is 1. The Hall–Kier alpha value is -3.86. The first-order valence-electron chi connectivity index (χ1n) is 16.0. The zero-order valence-electron chi connectivity index (χ0n) is 27.6. The smallest absolute Gasteiger partial charge is 0.256 e. The molecule has 1 atom stereocenters. The number of rotatable bonds is 10. The molecular formula is C38H51N3O2. The third-order valence-corrected chi connectivity index (χ3v) is 7.98. The van der Waals surface area contributed by atoms with Gasteiger partial charge in [0.2, 0.25) is 0 Å². The van der Waals surface area contributed by atoms with Gasteiger partial charge in [-0.3, -0.25) is 4.79 Å². The summed E-state index contributed by atoms with van der Waals surface area (Å²) in [7, 11) is 1.69. The van der Waals surface area contributed by atoms with Crippen LogP contribution in [0.3, 0.4) is 0 Å². The maximum atomic E-state index is 12.9. The first-order valence-corrected chi connectivity index (χ1v) is 16.0. The maximum Gasteiger partial charge on any atom is 0.256 e. The lowest BCUT2D eigenvalue weighted by Gasteiger charge is -2.24. The molecule has 230 valence electrons. The summed E-state index contributed by atoms with van der Waals surface area (Å²) in [5.41, 5.74) is 8.10. The number of benzene rings is 2. The van der Waals surface area contributed by atoms with Gasteiger partial charge in [-0.05, 0) is 98.5 Å². The lowest BCUT2D eigenvalue weighted by atomic mass is 9.95. The van der Waals surface area contributed by atoms with Gasteiger partial charge in [0, 0.05) is 41.7 Å². The molecule has 0 radical (unpaired) electrons. The van der Waals surface area contributed by atoms with Crippen LogP contribution < -0.4 is 15.0 Å². The van der Waals surface area contributed by atoms with Gasteiger partial charge < -0.3 is 15.0 Å². The minimum Gasteiger partial charge on any atom is -0.496 e. The summed E-state index contributed by atoms with van der Waals surface area (Å²) >= 11 is 0. The van der Waals surface area contributed by atoms with Gasteiger partial charge in [-0.2, -0.15) is 0 Å². The molecule has 3 aromatic rings. The second kappa shape index (κ2) is 16.7. The Labute approximate surface area is 260 Å². The third-order valence-electron chi connectivity index (χ3n) is 7.98. The first-order chi connectivity index (χ1) is 20.9. The summed E-state index contributed by atoms with van der Waals surface area (Å²) in [6.45, 7) is 16.9. The van der Waals surface area contributed by atoms with Crippen molar-refractivity contribution in [2.24, 2.45) is 5.92 Å². The largest absolute Gasteiger partial charge is 0.496 e. The van der Waals surface area contributed by atoms with E-state index in [2.05, 4.69) is 75.2 Å². The number of hydrogen-bond donors (Lipinski definition) is 1. The van der Waals surface area contributed by atoms with Gasteiger partial charge in [0.15, 0.2) is 0 Å². The summed E-state index contributed by atoms with van der Waals surface area (Å²) in [5.74, 6) is 2.43. The van der Waals surface area contributed by atoms with Crippen molar-refractivity contribution in [3.8, 4) is 16.9 Å². The number of carbonyl (C=O) groups is 1. The number of aryl methyl sites for hydroxylation is 1. The van der Waals surface area contributed by atoms with Gasteiger partial charge in [-0.25, -0.2) is 4.98 Å². The van der Waals surface area contributed by atoms with E-state index < -0.39 is 0 Å². The zero-order valence-corrected chi connectivity index (χ0v) is 27.6. The molecule has 0 saturated heterocycles. The van der Waals surface area contributed by atoms with Crippen LogP contribution in [0.1, 0.15) is 90.3 Å². The molecule has 1 unspecified atom stereocenters. The van der Waals surface area contributed by atoms with Crippen LogP contribution in [0.5, 0.6) is 5.75 Å². The van der Waals surface area contributed by atoms with Crippen molar-refractivity contribution in [1.82, 2.24) is 4.98 Å². The highest BCUT2D eigenvalue weighted by molar-refractivity contribution is 6.35. The van der Waals surface area contributed by atoms with Crippen LogP contribution in [-0.4, -0.2) is 31.1 Å². The Morgan fingerprint density at radius 1 is 1.07 bits per heavy atom. The van der Waals surface area contributed by atoms with Crippen LogP contribution in [0.15, 0.2) is 66.4 Å². The number of allylic oxidation sites excluding steroid dienone is 2. The van der Waals surface area contributed by atoms with Crippen LogP contribution >= 0.6 is 0 Å². The van der Waals surface area contributed by atoms with E-state index in [1.807, 2.05) is 50.4 Å². The molecule has 1 fully saturated rings. The summed E-state index contributed by atoms with van der Waals surface area (Å²) in [6.07, 6.45) is 12.2. The van der Waals surface area contributed by atoms with Crippen LogP contribution in [0.4, 0.5) is 11.5 Å². The average molecular weight is 582 g/mol. The van der Waals surface area contributed by atoms with Crippen molar-refractivity contribution in [3.63, 3.8) is 0 Å². The van der Waals surface area contributed by atoms with E-state index in [1.54, 1.807) is 12.7 Å². The quantitative estimate of drug-likeness (QED) is 0.191. The Morgan fingerprint density at radius 3 is 2.42 bits per heavy atom. The van der Waals surface area contributed by atoms with E-state index >= 15 is 0 Å². The van der Waals surface area contributed by atoms with Crippen molar-refractivity contribution in [2.45, 2.75) is 80.6 Å². The predicted molar refractivity (Wildman–Crippen MR) is 185 cm³/mol. The van der Waals surface area contributed by atoms with Gasteiger partial charge in [0.25, 0.3) is 5.91 Å². The average Bonchev–Trinajstić information content (AvgIpc) is 3.84. The fourth-order valence-corrected chi connectivity index (χ4v) is 5.06. The van der Waals surface area contributed by atoms with E-state index in [0.29, 0.717) is 11.5 Å². The Kier molecular flexibility index (Phi) is 13.1. The number of anilines is 2. The van der Waals surface area contributed by atoms with E-state index in [0.717, 1.165) is 71.0 Å². The number of methoxy groups -OCH3 is 1. The van der Waals surface area contributed by atoms with Gasteiger partial charge >= 0.3 is 0 Å². The normalized spacial score (nSPS) is 14.5. The van der Waals surface area contributed by atoms with E-state index in [4.69, 9.17) is 9.72 Å². The highest BCUT2D eigenvalue weighted by Gasteiger charge is 2.25. The molecule has 0 bridgehead atoms. The van der Waals surface area contributed by atoms with Crippen molar-refractivity contribution in [1.29, 1.82) is 0 Å². The highest BCUT2D eigenvalue weighted by atomic mass is 16.5. The van der Waals surface area contributed by atoms with Crippen molar-refractivity contribution < 1.29 is 9.53 Å². The minimum absolute atomic E-state index is 0.0934. The number of nitrogens with zero attached hydrogens (tertiary/aromatic N) is 2. The maximum absolute atomic E-state index is 12.9. The molecule has 0 spiro atoms. The molecule has 5 rings (SSSR count). The lowest BCUT2D eigenvalue weighted by molar-refractivity contribution is -0.110. The van der Waals surface area contributed by atoms with E-state index in [9.17, 15) is 4.79 Å². The number of nitrogens with one attached hydrogen (secondary N) is 1. The van der Waals surface area contributed by atoms with E-state index in [-0.39, 0.29) is 5.91 Å². The molecule has 1 aliphatic heterocycles. The molecule has 5 heteroatoms. The molecule has 43 heavy (non-hydrogen) atoms. The first kappa shape index (κ1) is 33.6. The molecule has 1 aromatic heterocycles. The number of pyridine rings is 1. The van der Waals surface area contributed by atoms with Crippen molar-refractivity contribution in [3.05, 3.63) is 83.1 Å². The molecule has 2 aliphatic rings.